The third kappa shape index (κ3) is 70.2. The maximum Gasteiger partial charge on any atom is 0.306 e. The second-order valence-electron chi connectivity index (χ2n) is 23.4. The number of unbranched alkanes of at least 4 members (excludes halogenated alkanes) is 17. The highest BCUT2D eigenvalue weighted by Crippen LogP contribution is 2.38. The summed E-state index contributed by atoms with van der Waals surface area (Å²) < 4.78 is 34.3. The van der Waals surface area contributed by atoms with Crippen LogP contribution >= 0.6 is 7.82 Å². The van der Waals surface area contributed by atoms with Crippen LogP contribution in [-0.2, 0) is 32.7 Å². The highest BCUT2D eigenvalue weighted by atomic mass is 31.2. The van der Waals surface area contributed by atoms with Gasteiger partial charge in [-0.05, 0) is 135 Å². The van der Waals surface area contributed by atoms with Crippen LogP contribution in [0.2, 0.25) is 0 Å². The third-order valence-electron chi connectivity index (χ3n) is 13.9. The minimum atomic E-state index is -4.66. The van der Waals surface area contributed by atoms with E-state index in [-0.39, 0.29) is 26.1 Å². The summed E-state index contributed by atoms with van der Waals surface area (Å²) >= 11 is 0. The number of carbonyl (C=O) groups is 2. The first kappa shape index (κ1) is 83.1. The van der Waals surface area contributed by atoms with E-state index >= 15 is 0 Å². The molecular formula is C78H126NO8P. The molecule has 2 unspecified atom stereocenters. The summed E-state index contributed by atoms with van der Waals surface area (Å²) in [6.45, 7) is 3.97. The van der Waals surface area contributed by atoms with Gasteiger partial charge in [0, 0.05) is 12.8 Å². The lowest BCUT2D eigenvalue weighted by molar-refractivity contribution is -0.870. The molecule has 0 saturated carbocycles. The SMILES string of the molecule is CC/C=C\C/C=C\C/C=C\C/C=C\C/C=C\C/C=C\C/C=C\C/C=C\C/C=C\C/C=C\CCCCCCCCC(=O)OC(COC(=O)CCCCCCCCCCCCC/C=C\C/C=C\C/C=C\C/C=C\C/C=C\CC)COP(=O)([O-])OCC[N+](C)(C)C. The number of likely N-dealkylation sites (N-methyl/N-ethyl adjacent to an activating group) is 1. The Hall–Kier alpha value is -4.89. The van der Waals surface area contributed by atoms with Crippen molar-refractivity contribution in [3.05, 3.63) is 182 Å². The molecule has 0 N–H and O–H groups in total. The zero-order valence-electron chi connectivity index (χ0n) is 56.3. The van der Waals surface area contributed by atoms with Crippen LogP contribution < -0.4 is 4.89 Å². The predicted octanol–water partition coefficient (Wildman–Crippen LogP) is 22.1. The fourth-order valence-electron chi connectivity index (χ4n) is 8.71. The number of phosphoric acid groups is 1. The first-order chi connectivity index (χ1) is 43.0. The van der Waals surface area contributed by atoms with Crippen molar-refractivity contribution in [2.75, 3.05) is 47.5 Å². The van der Waals surface area contributed by atoms with Crippen LogP contribution in [0.4, 0.5) is 0 Å². The van der Waals surface area contributed by atoms with Crippen LogP contribution in [0.3, 0.4) is 0 Å². The molecule has 0 saturated heterocycles. The van der Waals surface area contributed by atoms with Gasteiger partial charge in [0.1, 0.15) is 19.8 Å². The molecule has 0 aliphatic carbocycles. The summed E-state index contributed by atoms with van der Waals surface area (Å²) in [5.41, 5.74) is 0. The third-order valence-corrected chi connectivity index (χ3v) is 14.9. The molecule has 0 heterocycles. The lowest BCUT2D eigenvalue weighted by atomic mass is 10.0. The molecule has 0 fully saturated rings. The first-order valence-corrected chi connectivity index (χ1v) is 36.0. The van der Waals surface area contributed by atoms with Gasteiger partial charge in [-0.3, -0.25) is 14.2 Å². The van der Waals surface area contributed by atoms with Crippen LogP contribution in [-0.4, -0.2) is 70.0 Å². The molecule has 0 bridgehead atoms. The van der Waals surface area contributed by atoms with Crippen molar-refractivity contribution < 1.29 is 42.1 Å². The normalized spacial score (nSPS) is 14.3. The molecule has 0 rings (SSSR count). The van der Waals surface area contributed by atoms with Crippen LogP contribution in [0.25, 0.3) is 0 Å². The van der Waals surface area contributed by atoms with E-state index in [2.05, 4.69) is 196 Å². The van der Waals surface area contributed by atoms with E-state index in [1.54, 1.807) is 0 Å². The Balaban J connectivity index is 4.18. The van der Waals surface area contributed by atoms with Crippen molar-refractivity contribution in [1.82, 2.24) is 0 Å². The Bertz CT molecular complexity index is 2140. The number of hydrogen-bond donors (Lipinski definition) is 0. The molecule has 0 amide bonds. The summed E-state index contributed by atoms with van der Waals surface area (Å²) in [4.78, 5) is 38.1. The molecule has 2 atom stereocenters. The summed E-state index contributed by atoms with van der Waals surface area (Å²) in [5.74, 6) is -0.865. The lowest BCUT2D eigenvalue weighted by Crippen LogP contribution is -2.37. The number of nitrogens with zero attached hydrogens (tertiary/aromatic N) is 1. The van der Waals surface area contributed by atoms with E-state index < -0.39 is 32.5 Å². The zero-order chi connectivity index (χ0) is 64.1. The molecule has 0 aromatic heterocycles. The molecule has 0 aliphatic heterocycles. The van der Waals surface area contributed by atoms with Crippen molar-refractivity contribution >= 4 is 19.8 Å². The Labute approximate surface area is 540 Å². The van der Waals surface area contributed by atoms with Gasteiger partial charge in [0.25, 0.3) is 7.82 Å². The summed E-state index contributed by atoms with van der Waals surface area (Å²) in [5, 5.41) is 0. The minimum Gasteiger partial charge on any atom is -0.756 e. The number of quaternary nitrogens is 1. The van der Waals surface area contributed by atoms with Crippen LogP contribution in [0, 0.1) is 0 Å². The minimum absolute atomic E-state index is 0.0443. The molecule has 0 spiro atoms. The average molecular weight is 1240 g/mol. The smallest absolute Gasteiger partial charge is 0.306 e. The molecule has 0 aromatic rings. The monoisotopic (exact) mass is 1240 g/mol. The van der Waals surface area contributed by atoms with E-state index in [1.807, 2.05) is 21.1 Å². The molecule has 0 radical (unpaired) electrons. The van der Waals surface area contributed by atoms with Crippen molar-refractivity contribution in [2.45, 2.75) is 251 Å². The molecule has 9 nitrogen and oxygen atoms in total. The standard InChI is InChI=1S/C78H126NO8P/c1-6-8-10-12-14-16-18-20-22-24-26-28-30-32-34-35-36-37-38-39-40-41-42-43-45-47-49-51-53-55-57-59-61-63-65-67-69-71-78(81)87-76(75-86-88(82,83)85-73-72-79(3,4)5)74-84-77(80)70-68-66-64-62-60-58-56-54-52-50-48-46-44-33-31-29-27-25-23-21-19-17-15-13-11-9-7-2/h8-11,14-17,20-23,26-29,32-34,36-37,39-40,42-44,47,49,53,55,76H,6-7,12-13,18-19,24-25,30-31,35,38,41,45-46,48,50-52,54,56-75H2,1-5H3/b10-8-,11-9-,16-14-,17-15-,22-20-,23-21-,28-26-,29-27-,34-32-,37-36-,40-39-,43-42-,44-33-,49-47-,55-53-. The molecule has 88 heavy (non-hydrogen) atoms. The van der Waals surface area contributed by atoms with Gasteiger partial charge in [-0.2, -0.15) is 0 Å². The van der Waals surface area contributed by atoms with Gasteiger partial charge in [0.05, 0.1) is 27.7 Å². The van der Waals surface area contributed by atoms with E-state index in [9.17, 15) is 19.0 Å². The van der Waals surface area contributed by atoms with Crippen molar-refractivity contribution in [1.29, 1.82) is 0 Å². The number of rotatable bonds is 61. The van der Waals surface area contributed by atoms with Crippen LogP contribution in [0.15, 0.2) is 182 Å². The van der Waals surface area contributed by atoms with Crippen molar-refractivity contribution in [2.24, 2.45) is 0 Å². The highest BCUT2D eigenvalue weighted by molar-refractivity contribution is 7.45. The topological polar surface area (TPSA) is 111 Å². The Morgan fingerprint density at radius 3 is 0.909 bits per heavy atom. The number of esters is 2. The summed E-state index contributed by atoms with van der Waals surface area (Å²) in [7, 11) is 1.13. The number of carbonyl (C=O) groups excluding carboxylic acids is 2. The number of hydrogen-bond acceptors (Lipinski definition) is 8. The lowest BCUT2D eigenvalue weighted by Gasteiger charge is -2.28. The first-order valence-electron chi connectivity index (χ1n) is 34.5. The Morgan fingerprint density at radius 1 is 0.352 bits per heavy atom. The molecule has 10 heteroatoms. The van der Waals surface area contributed by atoms with Gasteiger partial charge in [-0.25, -0.2) is 0 Å². The maximum atomic E-state index is 12.9. The van der Waals surface area contributed by atoms with Crippen molar-refractivity contribution in [3.63, 3.8) is 0 Å². The number of allylic oxidation sites excluding steroid dienone is 30. The van der Waals surface area contributed by atoms with Crippen LogP contribution in [0.5, 0.6) is 0 Å². The van der Waals surface area contributed by atoms with E-state index in [1.165, 1.54) is 44.9 Å². The van der Waals surface area contributed by atoms with Gasteiger partial charge in [-0.15, -0.1) is 0 Å². The van der Waals surface area contributed by atoms with Crippen molar-refractivity contribution in [3.8, 4) is 0 Å². The molecule has 496 valence electrons. The maximum absolute atomic E-state index is 12.9. The van der Waals surface area contributed by atoms with E-state index in [0.717, 1.165) is 161 Å². The fourth-order valence-corrected chi connectivity index (χ4v) is 9.44. The highest BCUT2D eigenvalue weighted by Gasteiger charge is 2.22. The number of phosphoric ester groups is 1. The largest absolute Gasteiger partial charge is 0.756 e. The number of ether oxygens (including phenoxy) is 2. The van der Waals surface area contributed by atoms with Gasteiger partial charge in [0.2, 0.25) is 0 Å². The Kier molecular flexibility index (Phi) is 62.8. The molecule has 0 aromatic carbocycles. The van der Waals surface area contributed by atoms with E-state index in [0.29, 0.717) is 23.9 Å². The second-order valence-corrected chi connectivity index (χ2v) is 24.8. The Morgan fingerprint density at radius 2 is 0.614 bits per heavy atom. The predicted molar refractivity (Wildman–Crippen MR) is 378 cm³/mol. The zero-order valence-corrected chi connectivity index (χ0v) is 57.2. The summed E-state index contributed by atoms with van der Waals surface area (Å²) in [6, 6.07) is 0. The van der Waals surface area contributed by atoms with Gasteiger partial charge >= 0.3 is 11.9 Å². The van der Waals surface area contributed by atoms with Gasteiger partial charge in [-0.1, -0.05) is 280 Å². The second kappa shape index (κ2) is 66.5. The van der Waals surface area contributed by atoms with Crippen LogP contribution in [0.1, 0.15) is 245 Å². The van der Waals surface area contributed by atoms with Gasteiger partial charge in [0.15, 0.2) is 6.10 Å². The van der Waals surface area contributed by atoms with E-state index in [4.69, 9.17) is 18.5 Å². The average Bonchev–Trinajstić information content (AvgIpc) is 3.68. The fraction of sp³-hybridized carbons (Fsp3) is 0.590. The summed E-state index contributed by atoms with van der Waals surface area (Å²) in [6.07, 6.45) is 102. The molecular weight excluding hydrogens is 1110 g/mol. The molecule has 0 aliphatic rings. The quantitative estimate of drug-likeness (QED) is 0.0195. The van der Waals surface area contributed by atoms with Gasteiger partial charge < -0.3 is 27.9 Å².